The summed E-state index contributed by atoms with van der Waals surface area (Å²) in [4.78, 5) is 8.11. The van der Waals surface area contributed by atoms with Gasteiger partial charge in [0.05, 0.1) is 0 Å². The minimum Gasteiger partial charge on any atom is -0.356 e. The Morgan fingerprint density at radius 3 is 1.08 bits per heavy atom. The predicted molar refractivity (Wildman–Crippen MR) is 103 cm³/mol. The molecule has 0 fully saturated rings. The maximum atomic E-state index is 4.06. The number of rotatable bonds is 4. The van der Waals surface area contributed by atoms with Crippen molar-refractivity contribution in [2.24, 2.45) is 0 Å². The molecule has 0 saturated heterocycles. The first-order valence-corrected chi connectivity index (χ1v) is 8.16. The fraction of sp³-hybridized carbons (Fsp3) is 0. The maximum Gasteiger partial charge on any atom is 0.0384 e. The number of aromatic nitrogens is 2. The molecule has 2 heterocycles. The van der Waals surface area contributed by atoms with Crippen LogP contribution in [-0.4, -0.2) is 9.97 Å². The highest BCUT2D eigenvalue weighted by Gasteiger charge is 2.00. The molecule has 3 nitrogen and oxygen atoms in total. The summed E-state index contributed by atoms with van der Waals surface area (Å²) in [7, 11) is 0. The fourth-order valence-corrected chi connectivity index (χ4v) is 2.75. The Hall–Kier alpha value is -3.46. The first-order valence-electron chi connectivity index (χ1n) is 8.16. The topological polar surface area (TPSA) is 37.8 Å². The lowest BCUT2D eigenvalue weighted by atomic mass is 10.1. The van der Waals surface area contributed by atoms with Gasteiger partial charge in [0, 0.05) is 36.2 Å². The minimum absolute atomic E-state index is 1.06. The zero-order valence-corrected chi connectivity index (χ0v) is 13.6. The number of benzene rings is 2. The average Bonchev–Trinajstić information content (AvgIpc) is 2.71. The van der Waals surface area contributed by atoms with Crippen LogP contribution >= 0.6 is 0 Å². The Morgan fingerprint density at radius 1 is 0.400 bits per heavy atom. The van der Waals surface area contributed by atoms with Gasteiger partial charge in [-0.15, -0.1) is 0 Å². The van der Waals surface area contributed by atoms with Crippen molar-refractivity contribution in [1.82, 2.24) is 9.97 Å². The maximum absolute atomic E-state index is 4.06. The van der Waals surface area contributed by atoms with Crippen molar-refractivity contribution in [2.75, 3.05) is 5.32 Å². The van der Waals surface area contributed by atoms with Crippen molar-refractivity contribution in [2.45, 2.75) is 0 Å². The van der Waals surface area contributed by atoms with Crippen LogP contribution in [0.15, 0.2) is 97.6 Å². The molecule has 3 heteroatoms. The molecule has 120 valence electrons. The standard InChI is InChI=1S/C22H17N3/c1-5-21(6-2-17(1)19-9-13-23-14-10-19)25-22-7-3-18(4-8-22)20-11-15-24-16-12-20/h1-16,25H. The summed E-state index contributed by atoms with van der Waals surface area (Å²) >= 11 is 0. The molecular weight excluding hydrogens is 306 g/mol. The van der Waals surface area contributed by atoms with Crippen LogP contribution in [0.4, 0.5) is 11.4 Å². The van der Waals surface area contributed by atoms with Crippen LogP contribution in [0.25, 0.3) is 22.3 Å². The van der Waals surface area contributed by atoms with E-state index < -0.39 is 0 Å². The van der Waals surface area contributed by atoms with Crippen molar-refractivity contribution in [1.29, 1.82) is 0 Å². The highest BCUT2D eigenvalue weighted by atomic mass is 14.9. The van der Waals surface area contributed by atoms with E-state index in [9.17, 15) is 0 Å². The Bertz CT molecular complexity index is 851. The number of nitrogens with zero attached hydrogens (tertiary/aromatic N) is 2. The first-order chi connectivity index (χ1) is 12.4. The molecule has 4 aromatic rings. The van der Waals surface area contributed by atoms with Gasteiger partial charge in [0.25, 0.3) is 0 Å². The van der Waals surface area contributed by atoms with E-state index in [2.05, 4.69) is 63.8 Å². The molecule has 0 aliphatic heterocycles. The van der Waals surface area contributed by atoms with Gasteiger partial charge in [-0.25, -0.2) is 0 Å². The van der Waals surface area contributed by atoms with Crippen LogP contribution in [0, 0.1) is 0 Å². The Kier molecular flexibility index (Phi) is 4.21. The van der Waals surface area contributed by atoms with E-state index in [1.807, 2.05) is 49.1 Å². The molecule has 0 amide bonds. The Morgan fingerprint density at radius 2 is 0.720 bits per heavy atom. The normalized spacial score (nSPS) is 10.4. The quantitative estimate of drug-likeness (QED) is 0.535. The zero-order chi connectivity index (χ0) is 16.9. The molecule has 0 radical (unpaired) electrons. The number of pyridine rings is 2. The minimum atomic E-state index is 1.06. The third-order valence-corrected chi connectivity index (χ3v) is 4.09. The summed E-state index contributed by atoms with van der Waals surface area (Å²) in [6.45, 7) is 0. The largest absolute Gasteiger partial charge is 0.356 e. The van der Waals surface area contributed by atoms with Gasteiger partial charge in [-0.3, -0.25) is 9.97 Å². The van der Waals surface area contributed by atoms with Gasteiger partial charge in [0.15, 0.2) is 0 Å². The van der Waals surface area contributed by atoms with E-state index in [0.29, 0.717) is 0 Å². The van der Waals surface area contributed by atoms with Crippen molar-refractivity contribution in [3.05, 3.63) is 97.6 Å². The highest BCUT2D eigenvalue weighted by molar-refractivity contribution is 5.70. The number of anilines is 2. The molecular formula is C22H17N3. The average molecular weight is 323 g/mol. The van der Waals surface area contributed by atoms with Gasteiger partial charge >= 0.3 is 0 Å². The van der Waals surface area contributed by atoms with Gasteiger partial charge in [-0.05, 0) is 70.8 Å². The van der Waals surface area contributed by atoms with Crippen LogP contribution < -0.4 is 5.32 Å². The molecule has 0 unspecified atom stereocenters. The van der Waals surface area contributed by atoms with E-state index in [-0.39, 0.29) is 0 Å². The first kappa shape index (κ1) is 15.1. The van der Waals surface area contributed by atoms with E-state index >= 15 is 0 Å². The third-order valence-electron chi connectivity index (χ3n) is 4.09. The second kappa shape index (κ2) is 6.97. The zero-order valence-electron chi connectivity index (χ0n) is 13.6. The van der Waals surface area contributed by atoms with Crippen molar-refractivity contribution < 1.29 is 0 Å². The lowest BCUT2D eigenvalue weighted by Crippen LogP contribution is -1.90. The van der Waals surface area contributed by atoms with E-state index in [4.69, 9.17) is 0 Å². The molecule has 0 spiro atoms. The molecule has 25 heavy (non-hydrogen) atoms. The number of hydrogen-bond acceptors (Lipinski definition) is 3. The summed E-state index contributed by atoms with van der Waals surface area (Å²) in [5.74, 6) is 0. The lowest BCUT2D eigenvalue weighted by molar-refractivity contribution is 1.33. The summed E-state index contributed by atoms with van der Waals surface area (Å²) in [6, 6.07) is 24.9. The Labute approximate surface area is 147 Å². The molecule has 0 aliphatic carbocycles. The molecule has 0 bridgehead atoms. The molecule has 4 rings (SSSR count). The van der Waals surface area contributed by atoms with Crippen LogP contribution in [0.5, 0.6) is 0 Å². The smallest absolute Gasteiger partial charge is 0.0384 e. The number of nitrogens with one attached hydrogen (secondary N) is 1. The van der Waals surface area contributed by atoms with Gasteiger partial charge in [0.1, 0.15) is 0 Å². The van der Waals surface area contributed by atoms with E-state index in [1.165, 1.54) is 22.3 Å². The summed E-state index contributed by atoms with van der Waals surface area (Å²) in [5.41, 5.74) is 6.83. The van der Waals surface area contributed by atoms with E-state index in [0.717, 1.165) is 11.4 Å². The van der Waals surface area contributed by atoms with Crippen molar-refractivity contribution >= 4 is 11.4 Å². The van der Waals surface area contributed by atoms with Gasteiger partial charge in [0.2, 0.25) is 0 Å². The molecule has 0 aliphatic rings. The third kappa shape index (κ3) is 3.56. The molecule has 0 atom stereocenters. The highest BCUT2D eigenvalue weighted by Crippen LogP contribution is 2.25. The molecule has 0 saturated carbocycles. The van der Waals surface area contributed by atoms with Crippen LogP contribution in [0.1, 0.15) is 0 Å². The second-order valence-electron chi connectivity index (χ2n) is 5.75. The van der Waals surface area contributed by atoms with Crippen molar-refractivity contribution in [3.63, 3.8) is 0 Å². The fourth-order valence-electron chi connectivity index (χ4n) is 2.75. The molecule has 1 N–H and O–H groups in total. The van der Waals surface area contributed by atoms with Crippen LogP contribution in [0.2, 0.25) is 0 Å². The van der Waals surface area contributed by atoms with Crippen LogP contribution in [0.3, 0.4) is 0 Å². The van der Waals surface area contributed by atoms with Crippen LogP contribution in [-0.2, 0) is 0 Å². The molecule has 2 aromatic heterocycles. The van der Waals surface area contributed by atoms with Crippen molar-refractivity contribution in [3.8, 4) is 22.3 Å². The SMILES string of the molecule is c1cc(-c2ccc(Nc3ccc(-c4ccncc4)cc3)cc2)ccn1. The molecule has 2 aromatic carbocycles. The van der Waals surface area contributed by atoms with E-state index in [1.54, 1.807) is 0 Å². The monoisotopic (exact) mass is 323 g/mol. The summed E-state index contributed by atoms with van der Waals surface area (Å²) in [5, 5.41) is 3.44. The number of hydrogen-bond donors (Lipinski definition) is 1. The van der Waals surface area contributed by atoms with Gasteiger partial charge < -0.3 is 5.32 Å². The predicted octanol–water partition coefficient (Wildman–Crippen LogP) is 5.55. The Balaban J connectivity index is 1.49. The second-order valence-corrected chi connectivity index (χ2v) is 5.75. The summed E-state index contributed by atoms with van der Waals surface area (Å²) < 4.78 is 0. The summed E-state index contributed by atoms with van der Waals surface area (Å²) in [6.07, 6.45) is 7.25. The van der Waals surface area contributed by atoms with Gasteiger partial charge in [-0.1, -0.05) is 24.3 Å². The van der Waals surface area contributed by atoms with Gasteiger partial charge in [-0.2, -0.15) is 0 Å². The lowest BCUT2D eigenvalue weighted by Gasteiger charge is -2.09.